The summed E-state index contributed by atoms with van der Waals surface area (Å²) in [7, 11) is 0. The third-order valence-corrected chi connectivity index (χ3v) is 2.75. The highest BCUT2D eigenvalue weighted by Gasteiger charge is 2.03. The number of nitrogens with zero attached hydrogens (tertiary/aromatic N) is 1. The van der Waals surface area contributed by atoms with Gasteiger partial charge in [-0.1, -0.05) is 17.9 Å². The summed E-state index contributed by atoms with van der Waals surface area (Å²) in [5.41, 5.74) is 6.92. The molecular formula is C17H13FN2O. The molecule has 0 saturated heterocycles. The summed E-state index contributed by atoms with van der Waals surface area (Å²) in [6, 6.07) is 13.4. The van der Waals surface area contributed by atoms with Crippen LogP contribution in [0.4, 0.5) is 4.39 Å². The summed E-state index contributed by atoms with van der Waals surface area (Å²) < 4.78 is 18.8. The predicted octanol–water partition coefficient (Wildman–Crippen LogP) is 2.59. The minimum atomic E-state index is -0.524. The van der Waals surface area contributed by atoms with E-state index in [0.717, 1.165) is 11.1 Å². The van der Waals surface area contributed by atoms with Crippen LogP contribution < -0.4 is 10.5 Å². The van der Waals surface area contributed by atoms with Gasteiger partial charge in [0.15, 0.2) is 0 Å². The van der Waals surface area contributed by atoms with Gasteiger partial charge in [0.25, 0.3) is 0 Å². The number of halogens is 1. The van der Waals surface area contributed by atoms with Crippen LogP contribution in [0, 0.1) is 29.0 Å². The highest BCUT2D eigenvalue weighted by atomic mass is 19.1. The Balaban J connectivity index is 2.01. The molecule has 0 atom stereocenters. The Bertz CT molecular complexity index is 721. The van der Waals surface area contributed by atoms with Gasteiger partial charge >= 0.3 is 0 Å². The summed E-state index contributed by atoms with van der Waals surface area (Å²) >= 11 is 0. The van der Waals surface area contributed by atoms with E-state index in [0.29, 0.717) is 12.3 Å². The third kappa shape index (κ3) is 4.07. The highest BCUT2D eigenvalue weighted by molar-refractivity contribution is 5.39. The maximum absolute atomic E-state index is 13.2. The summed E-state index contributed by atoms with van der Waals surface area (Å²) in [5, 5.41) is 8.78. The molecule has 0 aliphatic rings. The zero-order chi connectivity index (χ0) is 15.1. The maximum Gasteiger partial charge on any atom is 0.140 e. The zero-order valence-corrected chi connectivity index (χ0v) is 11.3. The molecule has 21 heavy (non-hydrogen) atoms. The molecule has 0 fully saturated rings. The first-order valence-electron chi connectivity index (χ1n) is 6.33. The summed E-state index contributed by atoms with van der Waals surface area (Å²) in [6.45, 7) is 0.590. The van der Waals surface area contributed by atoms with Crippen molar-refractivity contribution in [1.29, 1.82) is 5.26 Å². The van der Waals surface area contributed by atoms with Gasteiger partial charge in [-0.05, 0) is 42.0 Å². The van der Waals surface area contributed by atoms with Gasteiger partial charge in [0.05, 0.1) is 12.1 Å². The highest BCUT2D eigenvalue weighted by Crippen LogP contribution is 2.15. The molecule has 0 aliphatic heterocycles. The predicted molar refractivity (Wildman–Crippen MR) is 77.8 cm³/mol. The summed E-state index contributed by atoms with van der Waals surface area (Å²) in [5.74, 6) is 5.84. The van der Waals surface area contributed by atoms with Crippen molar-refractivity contribution in [3.05, 3.63) is 65.0 Å². The van der Waals surface area contributed by atoms with Crippen molar-refractivity contribution in [2.24, 2.45) is 5.73 Å². The number of rotatable bonds is 3. The van der Waals surface area contributed by atoms with Crippen LogP contribution in [-0.4, -0.2) is 6.54 Å². The van der Waals surface area contributed by atoms with Gasteiger partial charge < -0.3 is 10.5 Å². The second-order valence-electron chi connectivity index (χ2n) is 4.24. The molecule has 0 aliphatic carbocycles. The van der Waals surface area contributed by atoms with Crippen LogP contribution >= 0.6 is 0 Å². The number of benzene rings is 2. The summed E-state index contributed by atoms with van der Waals surface area (Å²) in [4.78, 5) is 0. The fourth-order valence-electron chi connectivity index (χ4n) is 1.70. The van der Waals surface area contributed by atoms with E-state index in [-0.39, 0.29) is 12.2 Å². The smallest absolute Gasteiger partial charge is 0.140 e. The quantitative estimate of drug-likeness (QED) is 0.879. The lowest BCUT2D eigenvalue weighted by atomic mass is 10.1. The first kappa shape index (κ1) is 14.6. The Labute approximate surface area is 122 Å². The Morgan fingerprint density at radius 1 is 1.14 bits per heavy atom. The number of ether oxygens (including phenoxy) is 1. The van der Waals surface area contributed by atoms with Crippen LogP contribution in [-0.2, 0) is 6.61 Å². The van der Waals surface area contributed by atoms with Gasteiger partial charge in [-0.15, -0.1) is 0 Å². The van der Waals surface area contributed by atoms with Crippen molar-refractivity contribution in [2.75, 3.05) is 6.54 Å². The summed E-state index contributed by atoms with van der Waals surface area (Å²) in [6.07, 6.45) is 0. The molecule has 0 amide bonds. The van der Waals surface area contributed by atoms with Gasteiger partial charge in [0.1, 0.15) is 24.2 Å². The Morgan fingerprint density at radius 3 is 2.57 bits per heavy atom. The average Bonchev–Trinajstić information content (AvgIpc) is 2.53. The van der Waals surface area contributed by atoms with Crippen LogP contribution in [0.15, 0.2) is 42.5 Å². The van der Waals surface area contributed by atoms with Crippen molar-refractivity contribution < 1.29 is 9.13 Å². The van der Waals surface area contributed by atoms with Crippen LogP contribution in [0.2, 0.25) is 0 Å². The van der Waals surface area contributed by atoms with E-state index < -0.39 is 5.82 Å². The van der Waals surface area contributed by atoms with Gasteiger partial charge in [0.2, 0.25) is 0 Å². The Hall–Kier alpha value is -2.82. The molecule has 0 saturated carbocycles. The first-order chi connectivity index (χ1) is 10.2. The molecule has 0 bridgehead atoms. The molecule has 4 heteroatoms. The van der Waals surface area contributed by atoms with E-state index in [1.165, 1.54) is 12.1 Å². The van der Waals surface area contributed by atoms with Crippen LogP contribution in [0.1, 0.15) is 16.7 Å². The molecule has 0 aromatic heterocycles. The van der Waals surface area contributed by atoms with Gasteiger partial charge in [-0.3, -0.25) is 0 Å². The normalized spacial score (nSPS) is 9.38. The minimum absolute atomic E-state index is 0.0171. The number of hydrogen-bond donors (Lipinski definition) is 1. The van der Waals surface area contributed by atoms with Gasteiger partial charge in [-0.2, -0.15) is 5.26 Å². The number of hydrogen-bond acceptors (Lipinski definition) is 3. The van der Waals surface area contributed by atoms with Gasteiger partial charge in [0, 0.05) is 5.56 Å². The standard InChI is InChI=1S/C17H13FN2O/c18-17-8-5-14(10-15(17)11-20)12-21-16-6-3-13(4-7-16)2-1-9-19/h3-8,10H,9,12,19H2. The average molecular weight is 280 g/mol. The maximum atomic E-state index is 13.2. The Morgan fingerprint density at radius 2 is 1.90 bits per heavy atom. The second-order valence-corrected chi connectivity index (χ2v) is 4.24. The number of nitrogens with two attached hydrogens (primary N) is 1. The Kier molecular flexibility index (Phi) is 4.93. The van der Waals surface area contributed by atoms with Crippen molar-refractivity contribution in [1.82, 2.24) is 0 Å². The van der Waals surface area contributed by atoms with Crippen LogP contribution in [0.25, 0.3) is 0 Å². The molecule has 0 radical (unpaired) electrons. The second kappa shape index (κ2) is 7.09. The lowest BCUT2D eigenvalue weighted by molar-refractivity contribution is 0.306. The topological polar surface area (TPSA) is 59.0 Å². The van der Waals surface area contributed by atoms with E-state index >= 15 is 0 Å². The largest absolute Gasteiger partial charge is 0.489 e. The number of nitriles is 1. The minimum Gasteiger partial charge on any atom is -0.489 e. The fourth-order valence-corrected chi connectivity index (χ4v) is 1.70. The van der Waals surface area contributed by atoms with E-state index in [1.807, 2.05) is 12.1 Å². The molecule has 2 aromatic carbocycles. The first-order valence-corrected chi connectivity index (χ1v) is 6.33. The van der Waals surface area contributed by atoms with E-state index in [2.05, 4.69) is 11.8 Å². The molecule has 0 spiro atoms. The molecule has 3 nitrogen and oxygen atoms in total. The molecule has 0 heterocycles. The van der Waals surface area contributed by atoms with Crippen LogP contribution in [0.5, 0.6) is 5.75 Å². The molecular weight excluding hydrogens is 267 g/mol. The molecule has 0 unspecified atom stereocenters. The zero-order valence-electron chi connectivity index (χ0n) is 11.3. The van der Waals surface area contributed by atoms with E-state index in [1.54, 1.807) is 24.3 Å². The van der Waals surface area contributed by atoms with Gasteiger partial charge in [-0.25, -0.2) is 4.39 Å². The van der Waals surface area contributed by atoms with E-state index in [9.17, 15) is 4.39 Å². The monoisotopic (exact) mass is 280 g/mol. The molecule has 104 valence electrons. The van der Waals surface area contributed by atoms with Crippen molar-refractivity contribution in [2.45, 2.75) is 6.61 Å². The third-order valence-electron chi connectivity index (χ3n) is 2.75. The lowest BCUT2D eigenvalue weighted by Crippen LogP contribution is -1.97. The lowest BCUT2D eigenvalue weighted by Gasteiger charge is -2.07. The van der Waals surface area contributed by atoms with E-state index in [4.69, 9.17) is 15.7 Å². The van der Waals surface area contributed by atoms with Crippen molar-refractivity contribution in [3.8, 4) is 23.7 Å². The fraction of sp³-hybridized carbons (Fsp3) is 0.118. The van der Waals surface area contributed by atoms with Crippen LogP contribution in [0.3, 0.4) is 0 Å². The molecule has 2 N–H and O–H groups in total. The van der Waals surface area contributed by atoms with Crippen molar-refractivity contribution in [3.63, 3.8) is 0 Å². The molecule has 2 rings (SSSR count). The molecule has 2 aromatic rings. The SMILES string of the molecule is N#Cc1cc(COc2ccc(C#CCN)cc2)ccc1F. The van der Waals surface area contributed by atoms with Crippen molar-refractivity contribution >= 4 is 0 Å².